The van der Waals surface area contributed by atoms with E-state index in [1.165, 1.54) is 0 Å². The van der Waals surface area contributed by atoms with E-state index in [-0.39, 0.29) is 18.6 Å². The number of esters is 1. The summed E-state index contributed by atoms with van der Waals surface area (Å²) in [7, 11) is 0. The lowest BCUT2D eigenvalue weighted by atomic mass is 9.86. The number of carbonyl (C=O) groups is 1. The molecular formula is C23H31NO7. The highest BCUT2D eigenvalue weighted by molar-refractivity contribution is 5.90. The first-order valence-corrected chi connectivity index (χ1v) is 10.9. The quantitative estimate of drug-likeness (QED) is 0.439. The standard InChI is InChI=1S/C23H31NO7/c1-13(2)5-6-14-7-8-16-15(11-14)17(12-24-16)30-21(27)19-18(25)20(26)23(29,31-19)22(28)9-3-4-10-22/h7-8,11-13,18-20,24-26,28-29H,3-6,9-10H2,1-2H3/t18-,19+,20+,23+/m0/s1. The van der Waals surface area contributed by atoms with Gasteiger partial charge >= 0.3 is 5.97 Å². The zero-order chi connectivity index (χ0) is 22.4. The zero-order valence-electron chi connectivity index (χ0n) is 17.9. The van der Waals surface area contributed by atoms with Gasteiger partial charge in [0.1, 0.15) is 17.8 Å². The summed E-state index contributed by atoms with van der Waals surface area (Å²) in [5, 5.41) is 43.1. The van der Waals surface area contributed by atoms with Gasteiger partial charge in [0.05, 0.1) is 0 Å². The molecule has 31 heavy (non-hydrogen) atoms. The third-order valence-electron chi connectivity index (χ3n) is 6.60. The summed E-state index contributed by atoms with van der Waals surface area (Å²) in [4.78, 5) is 15.8. The monoisotopic (exact) mass is 433 g/mol. The molecular weight excluding hydrogens is 402 g/mol. The molecule has 0 unspecified atom stereocenters. The van der Waals surface area contributed by atoms with Crippen LogP contribution in [0.1, 0.15) is 51.5 Å². The van der Waals surface area contributed by atoms with E-state index < -0.39 is 35.7 Å². The summed E-state index contributed by atoms with van der Waals surface area (Å²) in [5.41, 5.74) is 0.179. The Bertz CT molecular complexity index is 949. The topological polar surface area (TPSA) is 132 Å². The number of fused-ring (bicyclic) bond motifs is 1. The Hall–Kier alpha value is -1.97. The van der Waals surface area contributed by atoms with E-state index in [1.807, 2.05) is 18.2 Å². The van der Waals surface area contributed by atoms with Crippen LogP contribution in [0, 0.1) is 5.92 Å². The van der Waals surface area contributed by atoms with Crippen molar-refractivity contribution in [1.82, 2.24) is 4.98 Å². The first-order chi connectivity index (χ1) is 14.6. The van der Waals surface area contributed by atoms with Crippen molar-refractivity contribution in [3.63, 3.8) is 0 Å². The van der Waals surface area contributed by atoms with Crippen molar-refractivity contribution in [2.75, 3.05) is 0 Å². The van der Waals surface area contributed by atoms with Crippen LogP contribution in [-0.2, 0) is 16.0 Å². The normalized spacial score (nSPS) is 30.4. The summed E-state index contributed by atoms with van der Waals surface area (Å²) in [6.07, 6.45) is -0.00730. The molecule has 2 aromatic rings. The van der Waals surface area contributed by atoms with Gasteiger partial charge in [0.25, 0.3) is 0 Å². The van der Waals surface area contributed by atoms with E-state index in [0.29, 0.717) is 24.1 Å². The predicted octanol–water partition coefficient (Wildman–Crippen LogP) is 1.78. The molecule has 1 saturated carbocycles. The average molecular weight is 434 g/mol. The highest BCUT2D eigenvalue weighted by Gasteiger charge is 2.66. The molecule has 170 valence electrons. The second-order valence-corrected chi connectivity index (χ2v) is 9.30. The number of hydrogen-bond donors (Lipinski definition) is 5. The number of benzene rings is 1. The number of aliphatic hydroxyl groups is 4. The van der Waals surface area contributed by atoms with Crippen LogP contribution in [0.3, 0.4) is 0 Å². The summed E-state index contributed by atoms with van der Waals surface area (Å²) in [6, 6.07) is 5.89. The van der Waals surface area contributed by atoms with Gasteiger partial charge in [-0.2, -0.15) is 0 Å². The molecule has 0 spiro atoms. The molecule has 2 heterocycles. The molecule has 1 aromatic carbocycles. The molecule has 4 atom stereocenters. The fourth-order valence-corrected chi connectivity index (χ4v) is 4.62. The summed E-state index contributed by atoms with van der Waals surface area (Å²) < 4.78 is 10.9. The maximum Gasteiger partial charge on any atom is 0.343 e. The van der Waals surface area contributed by atoms with Gasteiger partial charge in [-0.3, -0.25) is 0 Å². The Balaban J connectivity index is 1.53. The lowest BCUT2D eigenvalue weighted by molar-refractivity contribution is -0.313. The van der Waals surface area contributed by atoms with Crippen LogP contribution >= 0.6 is 0 Å². The molecule has 0 amide bonds. The fraction of sp³-hybridized carbons (Fsp3) is 0.609. The van der Waals surface area contributed by atoms with Crippen LogP contribution in [0.2, 0.25) is 0 Å². The first kappa shape index (κ1) is 22.2. The Morgan fingerprint density at radius 2 is 1.97 bits per heavy atom. The molecule has 1 saturated heterocycles. The molecule has 0 bridgehead atoms. The van der Waals surface area contributed by atoms with E-state index >= 15 is 0 Å². The Morgan fingerprint density at radius 1 is 1.26 bits per heavy atom. The molecule has 8 heteroatoms. The highest BCUT2D eigenvalue weighted by atomic mass is 16.7. The van der Waals surface area contributed by atoms with Crippen LogP contribution in [0.4, 0.5) is 0 Å². The van der Waals surface area contributed by atoms with Crippen molar-refractivity contribution in [2.45, 2.75) is 82.1 Å². The predicted molar refractivity (Wildman–Crippen MR) is 112 cm³/mol. The van der Waals surface area contributed by atoms with E-state index in [4.69, 9.17) is 9.47 Å². The van der Waals surface area contributed by atoms with Gasteiger partial charge in [-0.1, -0.05) is 32.8 Å². The molecule has 5 N–H and O–H groups in total. The highest BCUT2D eigenvalue weighted by Crippen LogP contribution is 2.46. The SMILES string of the molecule is CC(C)CCc1ccc2[nH]cc(OC(=O)[C@@H]3O[C@@](O)(C4(O)CCCC4)[C@H](O)[C@H]3O)c2c1. The molecule has 1 aliphatic carbocycles. The summed E-state index contributed by atoms with van der Waals surface area (Å²) in [5.74, 6) is -2.54. The van der Waals surface area contributed by atoms with Crippen molar-refractivity contribution in [1.29, 1.82) is 0 Å². The van der Waals surface area contributed by atoms with Crippen LogP contribution in [-0.4, -0.2) is 61.1 Å². The number of aromatic amines is 1. The second kappa shape index (κ2) is 8.18. The van der Waals surface area contributed by atoms with Gasteiger partial charge < -0.3 is 34.9 Å². The third-order valence-corrected chi connectivity index (χ3v) is 6.60. The van der Waals surface area contributed by atoms with Gasteiger partial charge in [-0.25, -0.2) is 4.79 Å². The zero-order valence-corrected chi connectivity index (χ0v) is 17.9. The third kappa shape index (κ3) is 3.87. The Labute approximate surface area is 180 Å². The number of carbonyl (C=O) groups excluding carboxylic acids is 1. The molecule has 8 nitrogen and oxygen atoms in total. The van der Waals surface area contributed by atoms with Crippen LogP contribution < -0.4 is 4.74 Å². The molecule has 1 aromatic heterocycles. The lowest BCUT2D eigenvalue weighted by Crippen LogP contribution is -2.60. The minimum absolute atomic E-state index is 0.205. The largest absolute Gasteiger partial charge is 0.422 e. The number of H-pyrrole nitrogens is 1. The lowest BCUT2D eigenvalue weighted by Gasteiger charge is -2.39. The number of rotatable bonds is 6. The van der Waals surface area contributed by atoms with E-state index in [9.17, 15) is 25.2 Å². The van der Waals surface area contributed by atoms with Crippen molar-refractivity contribution in [3.8, 4) is 5.75 Å². The first-order valence-electron chi connectivity index (χ1n) is 10.9. The Morgan fingerprint density at radius 3 is 2.65 bits per heavy atom. The van der Waals surface area contributed by atoms with E-state index in [1.54, 1.807) is 6.20 Å². The van der Waals surface area contributed by atoms with E-state index in [0.717, 1.165) is 23.9 Å². The van der Waals surface area contributed by atoms with Crippen LogP contribution in [0.5, 0.6) is 5.75 Å². The molecule has 0 radical (unpaired) electrons. The number of aryl methyl sites for hydroxylation is 1. The van der Waals surface area contributed by atoms with Crippen molar-refractivity contribution >= 4 is 16.9 Å². The van der Waals surface area contributed by atoms with Gasteiger partial charge in [0.15, 0.2) is 11.9 Å². The van der Waals surface area contributed by atoms with Crippen molar-refractivity contribution in [3.05, 3.63) is 30.0 Å². The van der Waals surface area contributed by atoms with E-state index in [2.05, 4.69) is 18.8 Å². The van der Waals surface area contributed by atoms with Gasteiger partial charge in [-0.05, 0) is 49.3 Å². The van der Waals surface area contributed by atoms with Gasteiger partial charge in [0.2, 0.25) is 5.79 Å². The minimum Gasteiger partial charge on any atom is -0.422 e. The number of nitrogens with one attached hydrogen (secondary N) is 1. The number of hydrogen-bond acceptors (Lipinski definition) is 7. The minimum atomic E-state index is -2.43. The van der Waals surface area contributed by atoms with Crippen LogP contribution in [0.25, 0.3) is 10.9 Å². The van der Waals surface area contributed by atoms with Gasteiger partial charge in [-0.15, -0.1) is 0 Å². The molecule has 1 aliphatic heterocycles. The smallest absolute Gasteiger partial charge is 0.343 e. The maximum absolute atomic E-state index is 12.8. The Kier molecular flexibility index (Phi) is 5.87. The maximum atomic E-state index is 12.8. The van der Waals surface area contributed by atoms with Crippen molar-refractivity contribution < 1.29 is 34.7 Å². The molecule has 2 aliphatic rings. The molecule has 2 fully saturated rings. The van der Waals surface area contributed by atoms with Gasteiger partial charge in [0, 0.05) is 17.1 Å². The number of aromatic nitrogens is 1. The average Bonchev–Trinajstić information content (AvgIpc) is 3.41. The number of aliphatic hydroxyl groups excluding tert-OH is 2. The van der Waals surface area contributed by atoms with Crippen LogP contribution in [0.15, 0.2) is 24.4 Å². The summed E-state index contributed by atoms with van der Waals surface area (Å²) >= 11 is 0. The second-order valence-electron chi connectivity index (χ2n) is 9.30. The summed E-state index contributed by atoms with van der Waals surface area (Å²) in [6.45, 7) is 4.32. The molecule has 4 rings (SSSR count). The van der Waals surface area contributed by atoms with Crippen molar-refractivity contribution in [2.24, 2.45) is 5.92 Å². The fourth-order valence-electron chi connectivity index (χ4n) is 4.62. The number of ether oxygens (including phenoxy) is 2.